The molecule has 0 atom stereocenters. The fourth-order valence-corrected chi connectivity index (χ4v) is 3.86. The minimum absolute atomic E-state index is 0.00936. The highest BCUT2D eigenvalue weighted by atomic mass is 32.2. The molecule has 162 valence electrons. The van der Waals surface area contributed by atoms with E-state index in [1.807, 2.05) is 0 Å². The Hall–Kier alpha value is -2.65. The average molecular weight is 437 g/mol. The molecule has 0 spiro atoms. The summed E-state index contributed by atoms with van der Waals surface area (Å²) in [4.78, 5) is 14.1. The second-order valence-corrected chi connectivity index (χ2v) is 8.55. The van der Waals surface area contributed by atoms with Crippen molar-refractivity contribution in [3.63, 3.8) is 0 Å². The van der Waals surface area contributed by atoms with E-state index in [9.17, 15) is 17.6 Å². The number of carbonyl (C=O) groups excluding carboxylic acids is 1. The fourth-order valence-electron chi connectivity index (χ4n) is 2.93. The quantitative estimate of drug-likeness (QED) is 0.532. The molecule has 1 fully saturated rings. The number of ether oxygens (including phenoxy) is 2. The molecule has 1 aliphatic carbocycles. The van der Waals surface area contributed by atoms with Crippen molar-refractivity contribution in [3.05, 3.63) is 53.8 Å². The lowest BCUT2D eigenvalue weighted by Gasteiger charge is -2.23. The lowest BCUT2D eigenvalue weighted by Crippen LogP contribution is -2.34. The molecule has 30 heavy (non-hydrogen) atoms. The van der Waals surface area contributed by atoms with Crippen LogP contribution in [0.1, 0.15) is 18.4 Å². The second kappa shape index (κ2) is 9.44. The van der Waals surface area contributed by atoms with Crippen molar-refractivity contribution in [2.45, 2.75) is 24.3 Å². The third-order valence-electron chi connectivity index (χ3n) is 4.71. The molecule has 9 heteroatoms. The van der Waals surface area contributed by atoms with Gasteiger partial charge >= 0.3 is 10.1 Å². The number of halogens is 1. The number of methoxy groups -OCH3 is 2. The molecule has 0 aromatic heterocycles. The molecular weight excluding hydrogens is 413 g/mol. The van der Waals surface area contributed by atoms with Crippen LogP contribution in [0.3, 0.4) is 0 Å². The first-order valence-electron chi connectivity index (χ1n) is 9.48. The molecule has 1 aliphatic rings. The van der Waals surface area contributed by atoms with Crippen LogP contribution in [-0.2, 0) is 26.2 Å². The van der Waals surface area contributed by atoms with Crippen molar-refractivity contribution < 1.29 is 31.3 Å². The van der Waals surface area contributed by atoms with Crippen molar-refractivity contribution >= 4 is 16.0 Å². The van der Waals surface area contributed by atoms with E-state index in [0.29, 0.717) is 18.7 Å². The van der Waals surface area contributed by atoms with E-state index in [-0.39, 0.29) is 34.8 Å². The lowest BCUT2D eigenvalue weighted by molar-refractivity contribution is -0.133. The van der Waals surface area contributed by atoms with Crippen LogP contribution in [0.4, 0.5) is 4.39 Å². The maximum Gasteiger partial charge on any atom is 0.339 e. The number of hydrogen-bond donors (Lipinski definition) is 0. The number of rotatable bonds is 10. The molecule has 0 N–H and O–H groups in total. The molecule has 1 saturated carbocycles. The topological polar surface area (TPSA) is 82.1 Å². The van der Waals surface area contributed by atoms with Gasteiger partial charge in [-0.1, -0.05) is 6.07 Å². The second-order valence-electron chi connectivity index (χ2n) is 7.00. The summed E-state index contributed by atoms with van der Waals surface area (Å²) < 4.78 is 53.9. The summed E-state index contributed by atoms with van der Waals surface area (Å²) in [5.74, 6) is -0.227. The van der Waals surface area contributed by atoms with Gasteiger partial charge in [-0.3, -0.25) is 4.79 Å². The van der Waals surface area contributed by atoms with E-state index in [0.717, 1.165) is 37.1 Å². The Morgan fingerprint density at radius 1 is 1.10 bits per heavy atom. The normalized spacial score (nSPS) is 13.7. The SMILES string of the molecule is COCCN(Cc1ccc(OC)c(OS(=O)(=O)c2ccc(F)cc2)c1)C(=O)C1CC1. The number of amides is 1. The molecule has 2 aromatic carbocycles. The standard InChI is InChI=1S/C21H24FNO6S/c1-27-12-11-23(21(24)16-4-5-16)14-15-3-10-19(28-2)20(13-15)29-30(25,26)18-8-6-17(22)7-9-18/h3,6-10,13,16H,4-5,11-12,14H2,1-2H3. The molecule has 3 rings (SSSR count). The predicted molar refractivity (Wildman–Crippen MR) is 107 cm³/mol. The molecule has 0 heterocycles. The van der Waals surface area contributed by atoms with Crippen LogP contribution < -0.4 is 8.92 Å². The zero-order valence-corrected chi connectivity index (χ0v) is 17.7. The van der Waals surface area contributed by atoms with Gasteiger partial charge in [0.05, 0.1) is 13.7 Å². The Labute approximate surface area is 175 Å². The Kier molecular flexibility index (Phi) is 6.94. The van der Waals surface area contributed by atoms with Gasteiger partial charge in [0.2, 0.25) is 5.91 Å². The molecule has 0 radical (unpaired) electrons. The lowest BCUT2D eigenvalue weighted by atomic mass is 10.1. The first kappa shape index (κ1) is 22.0. The number of nitrogens with zero attached hydrogens (tertiary/aromatic N) is 1. The molecular formula is C21H24FNO6S. The van der Waals surface area contributed by atoms with Crippen LogP contribution in [0.25, 0.3) is 0 Å². The summed E-state index contributed by atoms with van der Waals surface area (Å²) in [5.41, 5.74) is 0.685. The van der Waals surface area contributed by atoms with Gasteiger partial charge in [0.15, 0.2) is 11.5 Å². The van der Waals surface area contributed by atoms with Crippen molar-refractivity contribution in [1.82, 2.24) is 4.90 Å². The number of carbonyl (C=O) groups is 1. The van der Waals surface area contributed by atoms with Crippen molar-refractivity contribution in [2.75, 3.05) is 27.4 Å². The molecule has 7 nitrogen and oxygen atoms in total. The first-order chi connectivity index (χ1) is 14.3. The van der Waals surface area contributed by atoms with Crippen LogP contribution in [0.5, 0.6) is 11.5 Å². The Morgan fingerprint density at radius 2 is 1.80 bits per heavy atom. The molecule has 1 amide bonds. The van der Waals surface area contributed by atoms with E-state index in [1.54, 1.807) is 24.1 Å². The molecule has 2 aromatic rings. The fraction of sp³-hybridized carbons (Fsp3) is 0.381. The van der Waals surface area contributed by atoms with Gasteiger partial charge in [0.1, 0.15) is 10.7 Å². The maximum atomic E-state index is 13.1. The minimum Gasteiger partial charge on any atom is -0.493 e. The smallest absolute Gasteiger partial charge is 0.339 e. The van der Waals surface area contributed by atoms with Crippen LogP contribution in [0.15, 0.2) is 47.4 Å². The van der Waals surface area contributed by atoms with E-state index in [2.05, 4.69) is 0 Å². The van der Waals surface area contributed by atoms with Crippen molar-refractivity contribution in [2.24, 2.45) is 5.92 Å². The highest BCUT2D eigenvalue weighted by Crippen LogP contribution is 2.33. The molecule has 0 saturated heterocycles. The van der Waals surface area contributed by atoms with Gasteiger partial charge in [0.25, 0.3) is 0 Å². The first-order valence-corrected chi connectivity index (χ1v) is 10.9. The number of hydrogen-bond acceptors (Lipinski definition) is 6. The average Bonchev–Trinajstić information content (AvgIpc) is 3.56. The third kappa shape index (κ3) is 5.48. The van der Waals surface area contributed by atoms with Gasteiger partial charge in [-0.05, 0) is 54.8 Å². The minimum atomic E-state index is -4.19. The Balaban J connectivity index is 1.83. The van der Waals surface area contributed by atoms with Crippen LogP contribution >= 0.6 is 0 Å². The van der Waals surface area contributed by atoms with E-state index in [4.69, 9.17) is 13.7 Å². The van der Waals surface area contributed by atoms with Gasteiger partial charge in [-0.15, -0.1) is 0 Å². The largest absolute Gasteiger partial charge is 0.493 e. The Morgan fingerprint density at radius 3 is 2.40 bits per heavy atom. The van der Waals surface area contributed by atoms with Crippen molar-refractivity contribution in [1.29, 1.82) is 0 Å². The highest BCUT2D eigenvalue weighted by Gasteiger charge is 2.33. The van der Waals surface area contributed by atoms with E-state index >= 15 is 0 Å². The van der Waals surface area contributed by atoms with Gasteiger partial charge < -0.3 is 18.6 Å². The monoisotopic (exact) mass is 437 g/mol. The summed E-state index contributed by atoms with van der Waals surface area (Å²) in [7, 11) is -1.22. The van der Waals surface area contributed by atoms with Crippen LogP contribution in [0, 0.1) is 11.7 Å². The van der Waals surface area contributed by atoms with Crippen LogP contribution in [0.2, 0.25) is 0 Å². The summed E-state index contributed by atoms with van der Waals surface area (Å²) in [6, 6.07) is 9.20. The zero-order chi connectivity index (χ0) is 21.7. The van der Waals surface area contributed by atoms with Gasteiger partial charge in [-0.25, -0.2) is 4.39 Å². The van der Waals surface area contributed by atoms with E-state index in [1.165, 1.54) is 13.2 Å². The Bertz CT molecular complexity index is 989. The number of benzene rings is 2. The van der Waals surface area contributed by atoms with Gasteiger partial charge in [0, 0.05) is 26.1 Å². The third-order valence-corrected chi connectivity index (χ3v) is 5.96. The van der Waals surface area contributed by atoms with Crippen LogP contribution in [-0.4, -0.2) is 46.6 Å². The molecule has 0 bridgehead atoms. The van der Waals surface area contributed by atoms with Gasteiger partial charge in [-0.2, -0.15) is 8.42 Å². The summed E-state index contributed by atoms with van der Waals surface area (Å²) in [6.45, 7) is 1.12. The predicted octanol–water partition coefficient (Wildman–Crippen LogP) is 2.99. The summed E-state index contributed by atoms with van der Waals surface area (Å²) >= 11 is 0. The molecule has 0 aliphatic heterocycles. The maximum absolute atomic E-state index is 13.1. The summed E-state index contributed by atoms with van der Waals surface area (Å²) in [5, 5.41) is 0. The van der Waals surface area contributed by atoms with E-state index < -0.39 is 15.9 Å². The zero-order valence-electron chi connectivity index (χ0n) is 16.8. The molecule has 0 unspecified atom stereocenters. The highest BCUT2D eigenvalue weighted by molar-refractivity contribution is 7.87. The summed E-state index contributed by atoms with van der Waals surface area (Å²) in [6.07, 6.45) is 1.77. The van der Waals surface area contributed by atoms with Crippen molar-refractivity contribution in [3.8, 4) is 11.5 Å².